The summed E-state index contributed by atoms with van der Waals surface area (Å²) in [5, 5.41) is 2.21. The summed E-state index contributed by atoms with van der Waals surface area (Å²) in [5.74, 6) is 1.20. The summed E-state index contributed by atoms with van der Waals surface area (Å²) >= 11 is 0. The first-order valence-corrected chi connectivity index (χ1v) is 7.88. The highest BCUT2D eigenvalue weighted by atomic mass is 16.5. The van der Waals surface area contributed by atoms with Crippen molar-refractivity contribution in [3.8, 4) is 22.6 Å². The number of rotatable bonds is 3. The SMILES string of the molecule is COc1cc2ccc3occ(-c4ccccc4)c(=O)c3c2cc1OC. The lowest BCUT2D eigenvalue weighted by molar-refractivity contribution is 0.356. The van der Waals surface area contributed by atoms with E-state index in [0.29, 0.717) is 28.0 Å². The molecule has 4 rings (SSSR count). The van der Waals surface area contributed by atoms with Crippen molar-refractivity contribution in [2.75, 3.05) is 14.2 Å². The smallest absolute Gasteiger partial charge is 0.201 e. The molecule has 4 aromatic rings. The zero-order chi connectivity index (χ0) is 17.4. The van der Waals surface area contributed by atoms with Crippen LogP contribution in [0.3, 0.4) is 0 Å². The molecule has 0 aliphatic rings. The predicted molar refractivity (Wildman–Crippen MR) is 98.5 cm³/mol. The number of ether oxygens (including phenoxy) is 2. The van der Waals surface area contributed by atoms with Gasteiger partial charge in [0.25, 0.3) is 0 Å². The van der Waals surface area contributed by atoms with E-state index < -0.39 is 0 Å². The molecular formula is C21H16O4. The van der Waals surface area contributed by atoms with Crippen LogP contribution in [0.25, 0.3) is 32.9 Å². The highest BCUT2D eigenvalue weighted by Gasteiger charge is 2.14. The van der Waals surface area contributed by atoms with Crippen LogP contribution in [0, 0.1) is 0 Å². The van der Waals surface area contributed by atoms with E-state index in [9.17, 15) is 4.79 Å². The van der Waals surface area contributed by atoms with Crippen molar-refractivity contribution in [2.24, 2.45) is 0 Å². The third kappa shape index (κ3) is 2.43. The second kappa shape index (κ2) is 5.98. The van der Waals surface area contributed by atoms with Crippen LogP contribution < -0.4 is 14.9 Å². The van der Waals surface area contributed by atoms with E-state index >= 15 is 0 Å². The standard InChI is InChI=1S/C21H16O4/c1-23-18-10-14-8-9-17-20(15(14)11-19(18)24-2)21(22)16(12-25-17)13-6-4-3-5-7-13/h3-12H,1-2H3. The van der Waals surface area contributed by atoms with E-state index in [0.717, 1.165) is 16.3 Å². The molecular weight excluding hydrogens is 316 g/mol. The molecule has 0 radical (unpaired) electrons. The minimum absolute atomic E-state index is 0.0646. The first kappa shape index (κ1) is 15.3. The zero-order valence-corrected chi connectivity index (χ0v) is 13.9. The van der Waals surface area contributed by atoms with Gasteiger partial charge >= 0.3 is 0 Å². The van der Waals surface area contributed by atoms with Crippen molar-refractivity contribution in [2.45, 2.75) is 0 Å². The van der Waals surface area contributed by atoms with Gasteiger partial charge in [0.2, 0.25) is 5.43 Å². The molecule has 4 heteroatoms. The van der Waals surface area contributed by atoms with E-state index in [2.05, 4.69) is 0 Å². The maximum atomic E-state index is 13.2. The third-order valence-electron chi connectivity index (χ3n) is 4.35. The van der Waals surface area contributed by atoms with E-state index in [1.807, 2.05) is 48.5 Å². The molecule has 25 heavy (non-hydrogen) atoms. The summed E-state index contributed by atoms with van der Waals surface area (Å²) in [6, 6.07) is 16.9. The maximum Gasteiger partial charge on any atom is 0.201 e. The minimum atomic E-state index is -0.0646. The van der Waals surface area contributed by atoms with Crippen molar-refractivity contribution < 1.29 is 13.9 Å². The van der Waals surface area contributed by atoms with Crippen molar-refractivity contribution in [1.82, 2.24) is 0 Å². The van der Waals surface area contributed by atoms with Crippen LogP contribution >= 0.6 is 0 Å². The van der Waals surface area contributed by atoms with Gasteiger partial charge in [0, 0.05) is 5.39 Å². The fraction of sp³-hybridized carbons (Fsp3) is 0.0952. The van der Waals surface area contributed by atoms with Crippen LogP contribution in [-0.2, 0) is 0 Å². The van der Waals surface area contributed by atoms with Gasteiger partial charge in [-0.3, -0.25) is 4.79 Å². The lowest BCUT2D eigenvalue weighted by atomic mass is 10.0. The minimum Gasteiger partial charge on any atom is -0.493 e. The molecule has 0 saturated carbocycles. The molecule has 0 spiro atoms. The number of benzene rings is 3. The average molecular weight is 332 g/mol. The summed E-state index contributed by atoms with van der Waals surface area (Å²) in [6.07, 6.45) is 1.52. The summed E-state index contributed by atoms with van der Waals surface area (Å²) in [6.45, 7) is 0. The Kier molecular flexibility index (Phi) is 3.65. The molecule has 1 aromatic heterocycles. The largest absolute Gasteiger partial charge is 0.493 e. The highest BCUT2D eigenvalue weighted by molar-refractivity contribution is 6.07. The van der Waals surface area contributed by atoms with Crippen molar-refractivity contribution in [3.05, 3.63) is 71.1 Å². The Bertz CT molecular complexity index is 1130. The molecule has 0 aliphatic carbocycles. The first-order valence-electron chi connectivity index (χ1n) is 7.88. The van der Waals surface area contributed by atoms with Gasteiger partial charge in [-0.2, -0.15) is 0 Å². The van der Waals surface area contributed by atoms with Gasteiger partial charge in [0.1, 0.15) is 11.8 Å². The van der Waals surface area contributed by atoms with Crippen LogP contribution in [0.5, 0.6) is 11.5 Å². The fourth-order valence-corrected chi connectivity index (χ4v) is 3.09. The van der Waals surface area contributed by atoms with Gasteiger partial charge in [0.15, 0.2) is 11.5 Å². The Labute approximate surface area is 144 Å². The summed E-state index contributed by atoms with van der Waals surface area (Å²) < 4.78 is 16.5. The van der Waals surface area contributed by atoms with Crippen LogP contribution in [0.15, 0.2) is 70.1 Å². The van der Waals surface area contributed by atoms with Gasteiger partial charge in [-0.15, -0.1) is 0 Å². The Morgan fingerprint density at radius 3 is 2.32 bits per heavy atom. The second-order valence-electron chi connectivity index (χ2n) is 5.71. The summed E-state index contributed by atoms with van der Waals surface area (Å²) in [7, 11) is 3.17. The molecule has 0 atom stereocenters. The molecule has 0 aliphatic heterocycles. The summed E-state index contributed by atoms with van der Waals surface area (Å²) in [4.78, 5) is 13.2. The molecule has 0 unspecified atom stereocenters. The quantitative estimate of drug-likeness (QED) is 0.513. The molecule has 124 valence electrons. The number of methoxy groups -OCH3 is 2. The van der Waals surface area contributed by atoms with E-state index in [4.69, 9.17) is 13.9 Å². The zero-order valence-electron chi connectivity index (χ0n) is 13.9. The molecule has 0 bridgehead atoms. The Balaban J connectivity index is 2.11. The third-order valence-corrected chi connectivity index (χ3v) is 4.35. The van der Waals surface area contributed by atoms with E-state index in [-0.39, 0.29) is 5.43 Å². The fourth-order valence-electron chi connectivity index (χ4n) is 3.09. The average Bonchev–Trinajstić information content (AvgIpc) is 2.67. The van der Waals surface area contributed by atoms with Gasteiger partial charge in [0.05, 0.1) is 25.2 Å². The van der Waals surface area contributed by atoms with Crippen LogP contribution in [0.1, 0.15) is 0 Å². The number of hydrogen-bond donors (Lipinski definition) is 0. The molecule has 3 aromatic carbocycles. The van der Waals surface area contributed by atoms with Gasteiger partial charge < -0.3 is 13.9 Å². The van der Waals surface area contributed by atoms with Crippen LogP contribution in [0.2, 0.25) is 0 Å². The van der Waals surface area contributed by atoms with E-state index in [1.165, 1.54) is 6.26 Å². The Morgan fingerprint density at radius 2 is 1.60 bits per heavy atom. The second-order valence-corrected chi connectivity index (χ2v) is 5.71. The highest BCUT2D eigenvalue weighted by Crippen LogP contribution is 2.35. The lowest BCUT2D eigenvalue weighted by Crippen LogP contribution is -2.05. The molecule has 0 amide bonds. The maximum absolute atomic E-state index is 13.2. The van der Waals surface area contributed by atoms with Crippen molar-refractivity contribution >= 4 is 21.7 Å². The van der Waals surface area contributed by atoms with Gasteiger partial charge in [-0.05, 0) is 29.1 Å². The molecule has 0 saturated heterocycles. The van der Waals surface area contributed by atoms with Crippen LogP contribution in [0.4, 0.5) is 0 Å². The predicted octanol–water partition coefficient (Wildman–Crippen LogP) is 4.63. The molecule has 0 fully saturated rings. The monoisotopic (exact) mass is 332 g/mol. The number of hydrogen-bond acceptors (Lipinski definition) is 4. The topological polar surface area (TPSA) is 48.7 Å². The molecule has 4 nitrogen and oxygen atoms in total. The lowest BCUT2D eigenvalue weighted by Gasteiger charge is -2.11. The van der Waals surface area contributed by atoms with Crippen molar-refractivity contribution in [3.63, 3.8) is 0 Å². The summed E-state index contributed by atoms with van der Waals surface area (Å²) in [5.41, 5.74) is 1.85. The normalized spacial score (nSPS) is 11.0. The van der Waals surface area contributed by atoms with E-state index in [1.54, 1.807) is 20.3 Å². The van der Waals surface area contributed by atoms with Crippen LogP contribution in [-0.4, -0.2) is 14.2 Å². The van der Waals surface area contributed by atoms with Gasteiger partial charge in [-0.25, -0.2) is 0 Å². The Hall–Kier alpha value is -3.27. The first-order chi connectivity index (χ1) is 12.2. The van der Waals surface area contributed by atoms with Crippen molar-refractivity contribution in [1.29, 1.82) is 0 Å². The Morgan fingerprint density at radius 1 is 0.880 bits per heavy atom. The molecule has 0 N–H and O–H groups in total. The number of fused-ring (bicyclic) bond motifs is 3. The molecule has 1 heterocycles. The van der Waals surface area contributed by atoms with Gasteiger partial charge in [-0.1, -0.05) is 36.4 Å².